The molecule has 0 saturated carbocycles. The van der Waals surface area contributed by atoms with Crippen LogP contribution in [0.1, 0.15) is 18.2 Å². The molecule has 1 N–H and O–H groups in total. The highest BCUT2D eigenvalue weighted by Crippen LogP contribution is 2.16. The predicted molar refractivity (Wildman–Crippen MR) is 101 cm³/mol. The molecule has 2 aromatic heterocycles. The average molecular weight is 384 g/mol. The van der Waals surface area contributed by atoms with Crippen LogP contribution in [0.2, 0.25) is 0 Å². The minimum Gasteiger partial charge on any atom is -0.471 e. The van der Waals surface area contributed by atoms with E-state index in [0.717, 1.165) is 18.4 Å². The standard InChI is InChI=1S/C18H20N6O4/c1-3-14-4-6-16(7-5-14)28-12-22-10-15(8-19-22)21-18(25)11-23-13(2)17(9-20-23)24(26)27/h4-10H,3,11-12H2,1-2H3,(H,21,25). The van der Waals surface area contributed by atoms with Gasteiger partial charge in [-0.3, -0.25) is 19.6 Å². The summed E-state index contributed by atoms with van der Waals surface area (Å²) in [4.78, 5) is 22.5. The quantitative estimate of drug-likeness (QED) is 0.471. The molecule has 0 aliphatic rings. The third-order valence-electron chi connectivity index (χ3n) is 4.18. The number of aryl methyl sites for hydroxylation is 1. The number of hydrogen-bond acceptors (Lipinski definition) is 6. The molecule has 0 unspecified atom stereocenters. The number of anilines is 1. The maximum atomic E-state index is 12.2. The minimum absolute atomic E-state index is 0.121. The van der Waals surface area contributed by atoms with E-state index in [0.29, 0.717) is 11.4 Å². The van der Waals surface area contributed by atoms with Crippen LogP contribution in [0, 0.1) is 17.0 Å². The topological polar surface area (TPSA) is 117 Å². The van der Waals surface area contributed by atoms with Crippen LogP contribution in [-0.4, -0.2) is 30.4 Å². The lowest BCUT2D eigenvalue weighted by Crippen LogP contribution is -2.20. The maximum absolute atomic E-state index is 12.2. The minimum atomic E-state index is -0.531. The van der Waals surface area contributed by atoms with Gasteiger partial charge in [-0.05, 0) is 31.0 Å². The fourth-order valence-corrected chi connectivity index (χ4v) is 2.57. The van der Waals surface area contributed by atoms with Gasteiger partial charge in [-0.15, -0.1) is 0 Å². The Morgan fingerprint density at radius 3 is 2.64 bits per heavy atom. The number of amides is 1. The third kappa shape index (κ3) is 4.53. The van der Waals surface area contributed by atoms with E-state index in [1.54, 1.807) is 17.8 Å². The van der Waals surface area contributed by atoms with Gasteiger partial charge in [-0.2, -0.15) is 10.2 Å². The van der Waals surface area contributed by atoms with E-state index in [-0.39, 0.29) is 24.9 Å². The Hall–Kier alpha value is -3.69. The molecular weight excluding hydrogens is 364 g/mol. The summed E-state index contributed by atoms with van der Waals surface area (Å²) in [6.45, 7) is 3.70. The van der Waals surface area contributed by atoms with E-state index >= 15 is 0 Å². The summed E-state index contributed by atoms with van der Waals surface area (Å²) in [6, 6.07) is 7.81. The number of carbonyl (C=O) groups excluding carboxylic acids is 1. The number of benzene rings is 1. The van der Waals surface area contributed by atoms with Crippen LogP contribution in [-0.2, 0) is 24.5 Å². The molecule has 0 aliphatic carbocycles. The smallest absolute Gasteiger partial charge is 0.309 e. The van der Waals surface area contributed by atoms with Crippen molar-refractivity contribution in [3.05, 3.63) is 64.2 Å². The molecule has 3 rings (SSSR count). The first-order valence-corrected chi connectivity index (χ1v) is 8.67. The molecule has 0 aliphatic heterocycles. The maximum Gasteiger partial charge on any atom is 0.309 e. The van der Waals surface area contributed by atoms with Crippen molar-refractivity contribution in [3.63, 3.8) is 0 Å². The van der Waals surface area contributed by atoms with E-state index in [1.807, 2.05) is 24.3 Å². The Balaban J connectivity index is 1.53. The van der Waals surface area contributed by atoms with E-state index in [4.69, 9.17) is 4.74 Å². The zero-order valence-corrected chi connectivity index (χ0v) is 15.5. The second kappa shape index (κ2) is 8.33. The van der Waals surface area contributed by atoms with Crippen molar-refractivity contribution in [3.8, 4) is 5.75 Å². The summed E-state index contributed by atoms with van der Waals surface area (Å²) in [5.41, 5.74) is 1.92. The fraction of sp³-hybridized carbons (Fsp3) is 0.278. The van der Waals surface area contributed by atoms with Crippen molar-refractivity contribution in [1.29, 1.82) is 0 Å². The first kappa shape index (κ1) is 19.1. The Kier molecular flexibility index (Phi) is 5.68. The molecule has 0 bridgehead atoms. The number of rotatable bonds is 8. The number of aromatic nitrogens is 4. The molecule has 146 valence electrons. The van der Waals surface area contributed by atoms with Crippen LogP contribution in [0.3, 0.4) is 0 Å². The van der Waals surface area contributed by atoms with Gasteiger partial charge in [0.2, 0.25) is 5.91 Å². The molecule has 0 saturated heterocycles. The van der Waals surface area contributed by atoms with Gasteiger partial charge in [0, 0.05) is 0 Å². The van der Waals surface area contributed by atoms with Crippen LogP contribution >= 0.6 is 0 Å². The van der Waals surface area contributed by atoms with Crippen LogP contribution in [0.25, 0.3) is 0 Å². The number of hydrogen-bond donors (Lipinski definition) is 1. The monoisotopic (exact) mass is 384 g/mol. The predicted octanol–water partition coefficient (Wildman–Crippen LogP) is 2.53. The van der Waals surface area contributed by atoms with Gasteiger partial charge in [0.25, 0.3) is 0 Å². The Labute approximate surface area is 160 Å². The SMILES string of the molecule is CCc1ccc(OCn2cc(NC(=O)Cn3ncc([N+](=O)[O-])c3C)cn2)cc1. The molecule has 10 heteroatoms. The normalized spacial score (nSPS) is 10.6. The van der Waals surface area contributed by atoms with E-state index < -0.39 is 4.92 Å². The molecule has 1 amide bonds. The largest absolute Gasteiger partial charge is 0.471 e. The highest BCUT2D eigenvalue weighted by molar-refractivity contribution is 5.90. The first-order chi connectivity index (χ1) is 13.5. The zero-order chi connectivity index (χ0) is 20.1. The summed E-state index contributed by atoms with van der Waals surface area (Å²) in [5.74, 6) is 0.366. The van der Waals surface area contributed by atoms with Crippen molar-refractivity contribution in [2.75, 3.05) is 5.32 Å². The van der Waals surface area contributed by atoms with E-state index in [9.17, 15) is 14.9 Å². The third-order valence-corrected chi connectivity index (χ3v) is 4.18. The average Bonchev–Trinajstić information content (AvgIpc) is 3.27. The van der Waals surface area contributed by atoms with Crippen LogP contribution < -0.4 is 10.1 Å². The molecule has 10 nitrogen and oxygen atoms in total. The van der Waals surface area contributed by atoms with Crippen molar-refractivity contribution < 1.29 is 14.5 Å². The highest BCUT2D eigenvalue weighted by atomic mass is 16.6. The van der Waals surface area contributed by atoms with Gasteiger partial charge in [0.1, 0.15) is 24.2 Å². The molecule has 3 aromatic rings. The van der Waals surface area contributed by atoms with E-state index in [2.05, 4.69) is 22.4 Å². The van der Waals surface area contributed by atoms with Gasteiger partial charge in [-0.25, -0.2) is 4.68 Å². The van der Waals surface area contributed by atoms with Gasteiger partial charge in [0.05, 0.1) is 23.0 Å². The van der Waals surface area contributed by atoms with Crippen LogP contribution in [0.15, 0.2) is 42.9 Å². The highest BCUT2D eigenvalue weighted by Gasteiger charge is 2.18. The molecule has 0 atom stereocenters. The van der Waals surface area contributed by atoms with Crippen molar-refractivity contribution in [2.24, 2.45) is 0 Å². The first-order valence-electron chi connectivity index (χ1n) is 8.67. The molecular formula is C18H20N6O4. The van der Waals surface area contributed by atoms with Gasteiger partial charge in [-0.1, -0.05) is 19.1 Å². The van der Waals surface area contributed by atoms with Crippen molar-refractivity contribution in [1.82, 2.24) is 19.6 Å². The van der Waals surface area contributed by atoms with E-state index in [1.165, 1.54) is 16.4 Å². The Morgan fingerprint density at radius 2 is 2.00 bits per heavy atom. The Morgan fingerprint density at radius 1 is 1.25 bits per heavy atom. The summed E-state index contributed by atoms with van der Waals surface area (Å²) in [6.07, 6.45) is 5.23. The number of ether oxygens (including phenoxy) is 1. The molecule has 2 heterocycles. The molecule has 1 aromatic carbocycles. The lowest BCUT2D eigenvalue weighted by molar-refractivity contribution is -0.385. The van der Waals surface area contributed by atoms with Crippen molar-refractivity contribution in [2.45, 2.75) is 33.5 Å². The molecule has 0 radical (unpaired) electrons. The number of nitrogens with zero attached hydrogens (tertiary/aromatic N) is 5. The number of carbonyl (C=O) groups is 1. The van der Waals surface area contributed by atoms with Crippen LogP contribution in [0.5, 0.6) is 5.75 Å². The lowest BCUT2D eigenvalue weighted by atomic mass is 10.2. The van der Waals surface area contributed by atoms with Gasteiger partial charge in [0.15, 0.2) is 6.73 Å². The zero-order valence-electron chi connectivity index (χ0n) is 15.5. The molecule has 28 heavy (non-hydrogen) atoms. The van der Waals surface area contributed by atoms with Crippen molar-refractivity contribution >= 4 is 17.3 Å². The van der Waals surface area contributed by atoms with Gasteiger partial charge >= 0.3 is 5.69 Å². The summed E-state index contributed by atoms with van der Waals surface area (Å²) >= 11 is 0. The van der Waals surface area contributed by atoms with Gasteiger partial charge < -0.3 is 10.1 Å². The molecule has 0 spiro atoms. The van der Waals surface area contributed by atoms with Crippen LogP contribution in [0.4, 0.5) is 11.4 Å². The number of nitrogens with one attached hydrogen (secondary N) is 1. The lowest BCUT2D eigenvalue weighted by Gasteiger charge is -2.07. The second-order valence-corrected chi connectivity index (χ2v) is 6.12. The second-order valence-electron chi connectivity index (χ2n) is 6.12. The summed E-state index contributed by atoms with van der Waals surface area (Å²) in [5, 5.41) is 21.5. The molecule has 0 fully saturated rings. The number of nitro groups is 1. The summed E-state index contributed by atoms with van der Waals surface area (Å²) < 4.78 is 8.48. The fourth-order valence-electron chi connectivity index (χ4n) is 2.57. The Bertz CT molecular complexity index is 976. The summed E-state index contributed by atoms with van der Waals surface area (Å²) in [7, 11) is 0.